The van der Waals surface area contributed by atoms with Gasteiger partial charge >= 0.3 is 5.97 Å². The van der Waals surface area contributed by atoms with Crippen molar-refractivity contribution >= 4 is 5.97 Å². The summed E-state index contributed by atoms with van der Waals surface area (Å²) >= 11 is 0. The molecule has 0 bridgehead atoms. The zero-order chi connectivity index (χ0) is 14.0. The van der Waals surface area contributed by atoms with Gasteiger partial charge in [-0.25, -0.2) is 4.79 Å². The van der Waals surface area contributed by atoms with Gasteiger partial charge in [0.1, 0.15) is 0 Å². The standard InChI is InChI=1S/C13H24O5/c1-10(2)9-12(14)18-8-7-17-6-4-5-11(3)13(15)16/h5,10,12,14H,4,6-9H2,1-3H3,(H,15,16). The molecular weight excluding hydrogens is 236 g/mol. The van der Waals surface area contributed by atoms with Crippen molar-refractivity contribution in [3.8, 4) is 0 Å². The molecule has 0 amide bonds. The molecule has 0 aromatic carbocycles. The van der Waals surface area contributed by atoms with Gasteiger partial charge in [-0.3, -0.25) is 0 Å². The van der Waals surface area contributed by atoms with Crippen molar-refractivity contribution in [2.75, 3.05) is 19.8 Å². The molecule has 0 radical (unpaired) electrons. The Balaban J connectivity index is 3.41. The van der Waals surface area contributed by atoms with E-state index >= 15 is 0 Å². The second-order valence-corrected chi connectivity index (χ2v) is 4.55. The third-order valence-corrected chi connectivity index (χ3v) is 2.26. The van der Waals surface area contributed by atoms with Gasteiger partial charge in [0.15, 0.2) is 6.29 Å². The molecular formula is C13H24O5. The van der Waals surface area contributed by atoms with E-state index in [1.165, 1.54) is 0 Å². The summed E-state index contributed by atoms with van der Waals surface area (Å²) in [5.74, 6) is -0.514. The minimum Gasteiger partial charge on any atom is -0.478 e. The van der Waals surface area contributed by atoms with Gasteiger partial charge in [-0.05, 0) is 19.3 Å². The maximum absolute atomic E-state index is 10.5. The van der Waals surface area contributed by atoms with Crippen molar-refractivity contribution in [1.82, 2.24) is 0 Å². The van der Waals surface area contributed by atoms with E-state index < -0.39 is 12.3 Å². The summed E-state index contributed by atoms with van der Waals surface area (Å²) in [5.41, 5.74) is 0.321. The lowest BCUT2D eigenvalue weighted by Crippen LogP contribution is -2.17. The van der Waals surface area contributed by atoms with E-state index in [-0.39, 0.29) is 0 Å². The monoisotopic (exact) mass is 260 g/mol. The molecule has 0 spiro atoms. The highest BCUT2D eigenvalue weighted by atomic mass is 16.6. The van der Waals surface area contributed by atoms with Crippen LogP contribution in [-0.2, 0) is 14.3 Å². The largest absolute Gasteiger partial charge is 0.478 e. The Kier molecular flexibility index (Phi) is 9.55. The molecule has 106 valence electrons. The molecule has 0 heterocycles. The lowest BCUT2D eigenvalue weighted by molar-refractivity contribution is -0.132. The zero-order valence-electron chi connectivity index (χ0n) is 11.4. The van der Waals surface area contributed by atoms with E-state index in [1.54, 1.807) is 13.0 Å². The number of rotatable bonds is 10. The Morgan fingerprint density at radius 2 is 1.94 bits per heavy atom. The van der Waals surface area contributed by atoms with Crippen LogP contribution in [-0.4, -0.2) is 42.3 Å². The predicted octanol–water partition coefficient (Wildman–Crippen LogP) is 1.81. The summed E-state index contributed by atoms with van der Waals surface area (Å²) in [4.78, 5) is 10.5. The van der Waals surface area contributed by atoms with Crippen LogP contribution in [0.1, 0.15) is 33.6 Å². The number of hydrogen-bond acceptors (Lipinski definition) is 4. The molecule has 5 nitrogen and oxygen atoms in total. The van der Waals surface area contributed by atoms with Crippen LogP contribution in [0.15, 0.2) is 11.6 Å². The lowest BCUT2D eigenvalue weighted by Gasteiger charge is -2.13. The van der Waals surface area contributed by atoms with Gasteiger partial charge in [-0.15, -0.1) is 0 Å². The van der Waals surface area contributed by atoms with Crippen LogP contribution in [0.4, 0.5) is 0 Å². The number of carboxylic acid groups (broad SMARTS) is 1. The highest BCUT2D eigenvalue weighted by molar-refractivity contribution is 5.85. The highest BCUT2D eigenvalue weighted by Crippen LogP contribution is 2.05. The summed E-state index contributed by atoms with van der Waals surface area (Å²) in [6.45, 7) is 6.77. The first kappa shape index (κ1) is 17.1. The Labute approximate surface area is 108 Å². The second-order valence-electron chi connectivity index (χ2n) is 4.55. The van der Waals surface area contributed by atoms with Crippen molar-refractivity contribution in [2.24, 2.45) is 5.92 Å². The number of ether oxygens (including phenoxy) is 2. The summed E-state index contributed by atoms with van der Waals surface area (Å²) < 4.78 is 10.4. The molecule has 0 aromatic rings. The number of aliphatic hydroxyl groups excluding tert-OH is 1. The van der Waals surface area contributed by atoms with Crippen molar-refractivity contribution in [3.05, 3.63) is 11.6 Å². The van der Waals surface area contributed by atoms with E-state index in [1.807, 2.05) is 13.8 Å². The number of carboxylic acids is 1. The average molecular weight is 260 g/mol. The summed E-state index contributed by atoms with van der Waals surface area (Å²) in [6, 6.07) is 0. The molecule has 1 unspecified atom stereocenters. The maximum atomic E-state index is 10.5. The molecule has 5 heteroatoms. The van der Waals surface area contributed by atoms with Crippen molar-refractivity contribution in [2.45, 2.75) is 39.9 Å². The van der Waals surface area contributed by atoms with Gasteiger partial charge in [0.25, 0.3) is 0 Å². The van der Waals surface area contributed by atoms with Crippen LogP contribution in [0.2, 0.25) is 0 Å². The van der Waals surface area contributed by atoms with Crippen LogP contribution in [0.3, 0.4) is 0 Å². The molecule has 2 N–H and O–H groups in total. The minimum atomic E-state index is -0.907. The molecule has 0 saturated carbocycles. The average Bonchev–Trinajstić information content (AvgIpc) is 2.26. The smallest absolute Gasteiger partial charge is 0.330 e. The summed E-state index contributed by atoms with van der Waals surface area (Å²) in [7, 11) is 0. The van der Waals surface area contributed by atoms with Crippen LogP contribution >= 0.6 is 0 Å². The SMILES string of the molecule is CC(=CCCOCCOC(O)CC(C)C)C(=O)O. The molecule has 1 atom stereocenters. The fourth-order valence-corrected chi connectivity index (χ4v) is 1.26. The number of aliphatic hydroxyl groups is 1. The van der Waals surface area contributed by atoms with Crippen LogP contribution in [0.25, 0.3) is 0 Å². The minimum absolute atomic E-state index is 0.321. The number of carbonyl (C=O) groups is 1. The van der Waals surface area contributed by atoms with Crippen molar-refractivity contribution in [1.29, 1.82) is 0 Å². The van der Waals surface area contributed by atoms with Gasteiger partial charge in [0, 0.05) is 12.0 Å². The van der Waals surface area contributed by atoms with E-state index in [9.17, 15) is 9.90 Å². The van der Waals surface area contributed by atoms with Gasteiger partial charge in [0.05, 0.1) is 19.8 Å². The molecule has 0 fully saturated rings. The number of hydrogen-bond donors (Lipinski definition) is 2. The molecule has 0 rings (SSSR count). The summed E-state index contributed by atoms with van der Waals surface area (Å²) in [5, 5.41) is 18.0. The predicted molar refractivity (Wildman–Crippen MR) is 68.2 cm³/mol. The van der Waals surface area contributed by atoms with Gasteiger partial charge < -0.3 is 19.7 Å². The van der Waals surface area contributed by atoms with E-state index in [0.717, 1.165) is 0 Å². The van der Waals surface area contributed by atoms with Crippen molar-refractivity contribution < 1.29 is 24.5 Å². The Morgan fingerprint density at radius 3 is 2.50 bits per heavy atom. The summed E-state index contributed by atoms with van der Waals surface area (Å²) in [6.07, 6.45) is 2.06. The molecule has 0 aliphatic rings. The zero-order valence-corrected chi connectivity index (χ0v) is 11.4. The fourth-order valence-electron chi connectivity index (χ4n) is 1.26. The lowest BCUT2D eigenvalue weighted by atomic mass is 10.1. The maximum Gasteiger partial charge on any atom is 0.330 e. The van der Waals surface area contributed by atoms with Crippen molar-refractivity contribution in [3.63, 3.8) is 0 Å². The van der Waals surface area contributed by atoms with E-state index in [0.29, 0.717) is 44.2 Å². The Morgan fingerprint density at radius 1 is 1.28 bits per heavy atom. The van der Waals surface area contributed by atoms with Gasteiger partial charge in [0.2, 0.25) is 0 Å². The normalized spacial score (nSPS) is 13.9. The van der Waals surface area contributed by atoms with Gasteiger partial charge in [-0.2, -0.15) is 0 Å². The third kappa shape index (κ3) is 10.3. The highest BCUT2D eigenvalue weighted by Gasteiger charge is 2.06. The third-order valence-electron chi connectivity index (χ3n) is 2.26. The topological polar surface area (TPSA) is 76.0 Å². The first-order chi connectivity index (χ1) is 8.43. The van der Waals surface area contributed by atoms with E-state index in [2.05, 4.69) is 0 Å². The molecule has 0 aliphatic heterocycles. The Bertz CT molecular complexity index is 260. The first-order valence-electron chi connectivity index (χ1n) is 6.21. The Hall–Kier alpha value is -0.910. The van der Waals surface area contributed by atoms with Crippen LogP contribution in [0.5, 0.6) is 0 Å². The molecule has 0 aromatic heterocycles. The quantitative estimate of drug-likeness (QED) is 0.356. The number of aliphatic carboxylic acids is 1. The van der Waals surface area contributed by atoms with Crippen LogP contribution in [0, 0.1) is 5.92 Å². The molecule has 18 heavy (non-hydrogen) atoms. The first-order valence-corrected chi connectivity index (χ1v) is 6.21. The fraction of sp³-hybridized carbons (Fsp3) is 0.769. The second kappa shape index (κ2) is 10.1. The molecule has 0 saturated heterocycles. The van der Waals surface area contributed by atoms with Crippen LogP contribution < -0.4 is 0 Å². The van der Waals surface area contributed by atoms with E-state index in [4.69, 9.17) is 14.6 Å². The van der Waals surface area contributed by atoms with Gasteiger partial charge in [-0.1, -0.05) is 19.9 Å². The molecule has 0 aliphatic carbocycles.